The Morgan fingerprint density at radius 1 is 1.03 bits per heavy atom. The summed E-state index contributed by atoms with van der Waals surface area (Å²) in [6.45, 7) is 8.71. The molecule has 1 aliphatic carbocycles. The quantitative estimate of drug-likeness (QED) is 0.496. The van der Waals surface area contributed by atoms with Gasteiger partial charge in [0.05, 0.1) is 5.60 Å². The predicted molar refractivity (Wildman–Crippen MR) is 128 cm³/mol. The molecule has 3 nitrogen and oxygen atoms in total. The highest BCUT2D eigenvalue weighted by molar-refractivity contribution is 5.67. The first kappa shape index (κ1) is 23.3. The lowest BCUT2D eigenvalue weighted by atomic mass is 9.69. The normalized spacial score (nSPS) is 15.8. The molecule has 0 spiro atoms. The molecule has 0 radical (unpaired) electrons. The molecule has 166 valence electrons. The molecule has 3 heteroatoms. The van der Waals surface area contributed by atoms with E-state index in [1.807, 2.05) is 6.08 Å². The van der Waals surface area contributed by atoms with Crippen molar-refractivity contribution in [3.05, 3.63) is 75.9 Å². The Hall–Kier alpha value is -2.39. The van der Waals surface area contributed by atoms with Gasteiger partial charge in [0.25, 0.3) is 0 Å². The summed E-state index contributed by atoms with van der Waals surface area (Å²) in [4.78, 5) is 11.0. The Balaban J connectivity index is 1.92. The van der Waals surface area contributed by atoms with E-state index < -0.39 is 11.6 Å². The third kappa shape index (κ3) is 4.93. The van der Waals surface area contributed by atoms with Crippen LogP contribution in [0.2, 0.25) is 0 Å². The molecule has 0 bridgehead atoms. The van der Waals surface area contributed by atoms with Gasteiger partial charge in [-0.1, -0.05) is 62.4 Å². The molecule has 31 heavy (non-hydrogen) atoms. The number of hydrogen-bond acceptors (Lipinski definition) is 2. The molecule has 2 aromatic carbocycles. The molecule has 2 N–H and O–H groups in total. The van der Waals surface area contributed by atoms with E-state index in [2.05, 4.69) is 70.2 Å². The molecular formula is C28H36O3. The molecule has 2 aromatic rings. The van der Waals surface area contributed by atoms with Gasteiger partial charge in [-0.05, 0) is 85.8 Å². The van der Waals surface area contributed by atoms with Gasteiger partial charge in [-0.25, -0.2) is 0 Å². The van der Waals surface area contributed by atoms with Crippen molar-refractivity contribution in [3.63, 3.8) is 0 Å². The van der Waals surface area contributed by atoms with Gasteiger partial charge in [-0.2, -0.15) is 0 Å². The van der Waals surface area contributed by atoms with Gasteiger partial charge in [0, 0.05) is 11.8 Å². The largest absolute Gasteiger partial charge is 0.481 e. The molecule has 0 aliphatic heterocycles. The highest BCUT2D eigenvalue weighted by Gasteiger charge is 2.32. The third-order valence-corrected chi connectivity index (χ3v) is 7.33. The zero-order chi connectivity index (χ0) is 22.6. The van der Waals surface area contributed by atoms with E-state index in [1.54, 1.807) is 0 Å². The van der Waals surface area contributed by atoms with Crippen molar-refractivity contribution in [1.29, 1.82) is 0 Å². The van der Waals surface area contributed by atoms with Crippen molar-refractivity contribution in [1.82, 2.24) is 0 Å². The second-order valence-electron chi connectivity index (χ2n) is 9.19. The average Bonchev–Trinajstić information content (AvgIpc) is 2.72. The molecule has 0 aromatic heterocycles. The summed E-state index contributed by atoms with van der Waals surface area (Å²) in [6.07, 6.45) is 9.56. The van der Waals surface area contributed by atoms with E-state index in [-0.39, 0.29) is 11.8 Å². The molecule has 3 rings (SSSR count). The topological polar surface area (TPSA) is 57.5 Å². The van der Waals surface area contributed by atoms with Crippen LogP contribution < -0.4 is 0 Å². The van der Waals surface area contributed by atoms with Gasteiger partial charge in [-0.15, -0.1) is 0 Å². The second kappa shape index (κ2) is 9.40. The minimum atomic E-state index is -0.756. The van der Waals surface area contributed by atoms with E-state index in [0.29, 0.717) is 6.42 Å². The van der Waals surface area contributed by atoms with Crippen LogP contribution in [-0.2, 0) is 16.6 Å². The number of benzene rings is 2. The van der Waals surface area contributed by atoms with Crippen molar-refractivity contribution in [3.8, 4) is 0 Å². The number of aliphatic carboxylic acids is 1. The molecule has 1 fully saturated rings. The van der Waals surface area contributed by atoms with Gasteiger partial charge in [0.15, 0.2) is 0 Å². The van der Waals surface area contributed by atoms with Crippen LogP contribution in [0, 0.1) is 13.8 Å². The van der Waals surface area contributed by atoms with E-state index in [4.69, 9.17) is 5.11 Å². The lowest BCUT2D eigenvalue weighted by Gasteiger charge is -2.34. The van der Waals surface area contributed by atoms with Crippen molar-refractivity contribution in [2.75, 3.05) is 0 Å². The fraction of sp³-hybridized carbons (Fsp3) is 0.464. The Morgan fingerprint density at radius 2 is 1.65 bits per heavy atom. The summed E-state index contributed by atoms with van der Waals surface area (Å²) in [5, 5.41) is 19.4. The van der Waals surface area contributed by atoms with E-state index in [0.717, 1.165) is 48.8 Å². The first-order chi connectivity index (χ1) is 14.7. The molecule has 1 aliphatic rings. The molecule has 1 saturated carbocycles. The Bertz CT molecular complexity index is 962. The molecule has 0 unspecified atom stereocenters. The van der Waals surface area contributed by atoms with Gasteiger partial charge in [-0.3, -0.25) is 4.79 Å². The lowest BCUT2D eigenvalue weighted by Crippen LogP contribution is -2.33. The van der Waals surface area contributed by atoms with Gasteiger partial charge < -0.3 is 10.2 Å². The minimum absolute atomic E-state index is 0.0741. The molecule has 0 saturated heterocycles. The lowest BCUT2D eigenvalue weighted by molar-refractivity contribution is -0.136. The maximum Gasteiger partial charge on any atom is 0.303 e. The summed E-state index contributed by atoms with van der Waals surface area (Å²) in [5.74, 6) is -0.756. The van der Waals surface area contributed by atoms with Gasteiger partial charge in [0.1, 0.15) is 0 Å². The standard InChI is InChI=1S/C28H36O3/c1-5-28(6-2,24-11-8-22(20(3)18-24)10-13-26(29)30)25-12-9-23(21(4)19-25)14-17-27(31)15-7-16-27/h8-9,11-12,14,17-19,31H,5-7,10,13,15-16H2,1-4H3,(H,29,30)/b17-14+. The first-order valence-electron chi connectivity index (χ1n) is 11.6. The van der Waals surface area contributed by atoms with Crippen LogP contribution in [-0.4, -0.2) is 21.8 Å². The average molecular weight is 421 g/mol. The van der Waals surface area contributed by atoms with Crippen LogP contribution in [0.25, 0.3) is 6.08 Å². The number of carboxylic acids is 1. The van der Waals surface area contributed by atoms with Crippen LogP contribution in [0.3, 0.4) is 0 Å². The third-order valence-electron chi connectivity index (χ3n) is 7.33. The van der Waals surface area contributed by atoms with Crippen molar-refractivity contribution in [2.24, 2.45) is 0 Å². The van der Waals surface area contributed by atoms with E-state index >= 15 is 0 Å². The molecule has 0 amide bonds. The van der Waals surface area contributed by atoms with Crippen molar-refractivity contribution in [2.45, 2.75) is 83.7 Å². The van der Waals surface area contributed by atoms with Crippen LogP contribution in [0.15, 0.2) is 42.5 Å². The summed E-state index contributed by atoms with van der Waals surface area (Å²) in [7, 11) is 0. The number of aliphatic hydroxyl groups is 1. The van der Waals surface area contributed by atoms with E-state index in [1.165, 1.54) is 16.7 Å². The fourth-order valence-electron chi connectivity index (χ4n) is 4.86. The predicted octanol–water partition coefficient (Wildman–Crippen LogP) is 6.35. The number of hydrogen-bond donors (Lipinski definition) is 2. The number of carboxylic acid groups (broad SMARTS) is 1. The van der Waals surface area contributed by atoms with Gasteiger partial charge >= 0.3 is 5.97 Å². The van der Waals surface area contributed by atoms with Crippen molar-refractivity contribution >= 4 is 12.0 Å². The number of aryl methyl sites for hydroxylation is 3. The highest BCUT2D eigenvalue weighted by atomic mass is 16.4. The van der Waals surface area contributed by atoms with Crippen molar-refractivity contribution < 1.29 is 15.0 Å². The molecular weight excluding hydrogens is 384 g/mol. The van der Waals surface area contributed by atoms with Crippen LogP contribution in [0.4, 0.5) is 0 Å². The molecule has 0 heterocycles. The summed E-state index contributed by atoms with van der Waals surface area (Å²) < 4.78 is 0. The number of rotatable bonds is 9. The zero-order valence-electron chi connectivity index (χ0n) is 19.4. The molecule has 0 atom stereocenters. The van der Waals surface area contributed by atoms with Crippen LogP contribution in [0.5, 0.6) is 0 Å². The minimum Gasteiger partial charge on any atom is -0.481 e. The maximum atomic E-state index is 11.0. The Morgan fingerprint density at radius 3 is 2.13 bits per heavy atom. The van der Waals surface area contributed by atoms with Gasteiger partial charge in [0.2, 0.25) is 0 Å². The van der Waals surface area contributed by atoms with Crippen LogP contribution >= 0.6 is 0 Å². The monoisotopic (exact) mass is 420 g/mol. The number of carbonyl (C=O) groups is 1. The Labute approximate surface area is 186 Å². The fourth-order valence-corrected chi connectivity index (χ4v) is 4.86. The zero-order valence-corrected chi connectivity index (χ0v) is 19.4. The summed E-state index contributed by atoms with van der Waals surface area (Å²) >= 11 is 0. The second-order valence-corrected chi connectivity index (χ2v) is 9.19. The SMILES string of the molecule is CCC(CC)(c1ccc(/C=C/C2(O)CCC2)c(C)c1)c1ccc(CCC(=O)O)c(C)c1. The highest BCUT2D eigenvalue weighted by Crippen LogP contribution is 2.40. The van der Waals surface area contributed by atoms with Crippen LogP contribution in [0.1, 0.15) is 85.8 Å². The maximum absolute atomic E-state index is 11.0. The van der Waals surface area contributed by atoms with E-state index in [9.17, 15) is 9.90 Å². The summed E-state index contributed by atoms with van der Waals surface area (Å²) in [5.41, 5.74) is 6.57. The Kier molecular flexibility index (Phi) is 7.06. The smallest absolute Gasteiger partial charge is 0.303 e. The first-order valence-corrected chi connectivity index (χ1v) is 11.6. The summed E-state index contributed by atoms with van der Waals surface area (Å²) in [6, 6.07) is 13.3.